The van der Waals surface area contributed by atoms with E-state index in [0.29, 0.717) is 30.6 Å². The lowest BCUT2D eigenvalue weighted by Gasteiger charge is -2.22. The summed E-state index contributed by atoms with van der Waals surface area (Å²) >= 11 is 0. The first-order chi connectivity index (χ1) is 11.2. The molecule has 1 atom stereocenters. The lowest BCUT2D eigenvalue weighted by molar-refractivity contribution is -0.117. The number of rotatable bonds is 6. The molecule has 1 aromatic heterocycles. The molecule has 0 spiro atoms. The number of aromatic nitrogens is 2. The number of benzene rings is 1. The highest BCUT2D eigenvalue weighted by Crippen LogP contribution is 2.25. The smallest absolute Gasteiger partial charge is 0.227 e. The molecule has 1 amide bonds. The van der Waals surface area contributed by atoms with Gasteiger partial charge in [-0.3, -0.25) is 9.69 Å². The summed E-state index contributed by atoms with van der Waals surface area (Å²) in [5.41, 5.74) is 0.983. The van der Waals surface area contributed by atoms with E-state index >= 15 is 0 Å². The molecule has 3 rings (SSSR count). The molecular weight excluding hydrogens is 292 g/mol. The second-order valence-electron chi connectivity index (χ2n) is 5.97. The Bertz CT molecular complexity index is 656. The molecule has 0 unspecified atom stereocenters. The predicted octanol–water partition coefficient (Wildman–Crippen LogP) is 2.25. The van der Waals surface area contributed by atoms with E-state index in [1.54, 1.807) is 6.92 Å². The lowest BCUT2D eigenvalue weighted by Crippen LogP contribution is -2.31. The zero-order valence-electron chi connectivity index (χ0n) is 13.6. The molecule has 0 aliphatic carbocycles. The Labute approximate surface area is 136 Å². The molecule has 0 radical (unpaired) electrons. The SMILES string of the molecule is CCN(Cc1noc(C)n1)C[C@@H]1CC(=O)N(c2ccccc2)C1. The first-order valence-electron chi connectivity index (χ1n) is 8.02. The van der Waals surface area contributed by atoms with E-state index in [1.807, 2.05) is 35.2 Å². The second kappa shape index (κ2) is 6.91. The van der Waals surface area contributed by atoms with Gasteiger partial charge in [-0.05, 0) is 24.6 Å². The van der Waals surface area contributed by atoms with Gasteiger partial charge in [0.05, 0.1) is 6.54 Å². The topological polar surface area (TPSA) is 62.5 Å². The number of amides is 1. The van der Waals surface area contributed by atoms with Gasteiger partial charge in [-0.2, -0.15) is 4.98 Å². The predicted molar refractivity (Wildman–Crippen MR) is 86.9 cm³/mol. The molecule has 1 fully saturated rings. The molecule has 0 N–H and O–H groups in total. The van der Waals surface area contributed by atoms with Crippen molar-refractivity contribution < 1.29 is 9.32 Å². The Morgan fingerprint density at radius 1 is 1.35 bits per heavy atom. The molecule has 1 aliphatic rings. The minimum atomic E-state index is 0.202. The van der Waals surface area contributed by atoms with Gasteiger partial charge in [-0.15, -0.1) is 0 Å². The standard InChI is InChI=1S/C17H22N4O2/c1-3-20(12-16-18-13(2)23-19-16)10-14-9-17(22)21(11-14)15-7-5-4-6-8-15/h4-8,14H,3,9-12H2,1-2H3/t14-/m0/s1. The monoisotopic (exact) mass is 314 g/mol. The molecule has 122 valence electrons. The third-order valence-electron chi connectivity index (χ3n) is 4.17. The Morgan fingerprint density at radius 3 is 2.78 bits per heavy atom. The summed E-state index contributed by atoms with van der Waals surface area (Å²) < 4.78 is 5.02. The fourth-order valence-corrected chi connectivity index (χ4v) is 3.04. The Hall–Kier alpha value is -2.21. The molecule has 1 aromatic carbocycles. The van der Waals surface area contributed by atoms with E-state index in [0.717, 1.165) is 25.3 Å². The van der Waals surface area contributed by atoms with Crippen molar-refractivity contribution >= 4 is 11.6 Å². The molecule has 0 saturated carbocycles. The minimum Gasteiger partial charge on any atom is -0.340 e. The number of carbonyl (C=O) groups is 1. The first-order valence-corrected chi connectivity index (χ1v) is 8.02. The summed E-state index contributed by atoms with van der Waals surface area (Å²) in [4.78, 5) is 20.7. The molecule has 6 heteroatoms. The maximum atomic E-state index is 12.3. The highest BCUT2D eigenvalue weighted by molar-refractivity contribution is 5.95. The van der Waals surface area contributed by atoms with Crippen LogP contribution in [0, 0.1) is 12.8 Å². The van der Waals surface area contributed by atoms with E-state index in [4.69, 9.17) is 4.52 Å². The average Bonchev–Trinajstić information content (AvgIpc) is 3.13. The van der Waals surface area contributed by atoms with Crippen molar-refractivity contribution in [2.75, 3.05) is 24.5 Å². The van der Waals surface area contributed by atoms with Crippen molar-refractivity contribution in [2.24, 2.45) is 5.92 Å². The van der Waals surface area contributed by atoms with Crippen LogP contribution < -0.4 is 4.90 Å². The van der Waals surface area contributed by atoms with Gasteiger partial charge in [0.2, 0.25) is 11.8 Å². The maximum Gasteiger partial charge on any atom is 0.227 e. The van der Waals surface area contributed by atoms with Crippen LogP contribution in [0.25, 0.3) is 0 Å². The Kier molecular flexibility index (Phi) is 4.71. The molecule has 2 heterocycles. The summed E-state index contributed by atoms with van der Waals surface area (Å²) in [5.74, 6) is 1.82. The van der Waals surface area contributed by atoms with Crippen LogP contribution in [-0.2, 0) is 11.3 Å². The zero-order chi connectivity index (χ0) is 16.2. The third kappa shape index (κ3) is 3.76. The van der Waals surface area contributed by atoms with E-state index in [2.05, 4.69) is 22.0 Å². The van der Waals surface area contributed by atoms with Crippen molar-refractivity contribution in [1.29, 1.82) is 0 Å². The van der Waals surface area contributed by atoms with Crippen LogP contribution in [0.15, 0.2) is 34.9 Å². The summed E-state index contributed by atoms with van der Waals surface area (Å²) in [6, 6.07) is 9.87. The minimum absolute atomic E-state index is 0.202. The van der Waals surface area contributed by atoms with Crippen LogP contribution in [0.3, 0.4) is 0 Å². The Morgan fingerprint density at radius 2 is 2.13 bits per heavy atom. The van der Waals surface area contributed by atoms with Crippen LogP contribution in [0.2, 0.25) is 0 Å². The van der Waals surface area contributed by atoms with Gasteiger partial charge in [0.15, 0.2) is 5.82 Å². The van der Waals surface area contributed by atoms with Gasteiger partial charge >= 0.3 is 0 Å². The first kappa shape index (κ1) is 15.7. The number of hydrogen-bond donors (Lipinski definition) is 0. The number of anilines is 1. The van der Waals surface area contributed by atoms with Crippen LogP contribution >= 0.6 is 0 Å². The quantitative estimate of drug-likeness (QED) is 0.818. The van der Waals surface area contributed by atoms with Crippen molar-refractivity contribution in [2.45, 2.75) is 26.8 Å². The van der Waals surface area contributed by atoms with Crippen LogP contribution in [0.1, 0.15) is 25.1 Å². The van der Waals surface area contributed by atoms with Crippen molar-refractivity contribution in [3.8, 4) is 0 Å². The number of aryl methyl sites for hydroxylation is 1. The summed E-state index contributed by atoms with van der Waals surface area (Å²) in [6.45, 7) is 7.08. The molecule has 0 bridgehead atoms. The molecule has 1 saturated heterocycles. The van der Waals surface area contributed by atoms with Crippen molar-refractivity contribution in [3.05, 3.63) is 42.0 Å². The van der Waals surface area contributed by atoms with E-state index in [9.17, 15) is 4.79 Å². The van der Waals surface area contributed by atoms with E-state index in [1.165, 1.54) is 0 Å². The van der Waals surface area contributed by atoms with E-state index < -0.39 is 0 Å². The molecular formula is C17H22N4O2. The zero-order valence-corrected chi connectivity index (χ0v) is 13.6. The normalized spacial score (nSPS) is 18.1. The van der Waals surface area contributed by atoms with Crippen molar-refractivity contribution in [3.63, 3.8) is 0 Å². The second-order valence-corrected chi connectivity index (χ2v) is 5.97. The maximum absolute atomic E-state index is 12.3. The number of nitrogens with zero attached hydrogens (tertiary/aromatic N) is 4. The van der Waals surface area contributed by atoms with Gasteiger partial charge < -0.3 is 9.42 Å². The van der Waals surface area contributed by atoms with Crippen LogP contribution in [0.4, 0.5) is 5.69 Å². The number of hydrogen-bond acceptors (Lipinski definition) is 5. The molecule has 2 aromatic rings. The number of para-hydroxylation sites is 1. The summed E-state index contributed by atoms with van der Waals surface area (Å²) in [7, 11) is 0. The van der Waals surface area contributed by atoms with Crippen LogP contribution in [0.5, 0.6) is 0 Å². The number of carbonyl (C=O) groups excluding carboxylic acids is 1. The van der Waals surface area contributed by atoms with Gasteiger partial charge in [0.25, 0.3) is 0 Å². The highest BCUT2D eigenvalue weighted by Gasteiger charge is 2.31. The largest absolute Gasteiger partial charge is 0.340 e. The fourth-order valence-electron chi connectivity index (χ4n) is 3.04. The average molecular weight is 314 g/mol. The fraction of sp³-hybridized carbons (Fsp3) is 0.471. The molecule has 1 aliphatic heterocycles. The van der Waals surface area contributed by atoms with Gasteiger partial charge in [0.1, 0.15) is 0 Å². The lowest BCUT2D eigenvalue weighted by atomic mass is 10.1. The summed E-state index contributed by atoms with van der Waals surface area (Å²) in [6.07, 6.45) is 0.594. The van der Waals surface area contributed by atoms with Crippen molar-refractivity contribution in [1.82, 2.24) is 15.0 Å². The van der Waals surface area contributed by atoms with Gasteiger partial charge in [-0.1, -0.05) is 30.3 Å². The summed E-state index contributed by atoms with van der Waals surface area (Å²) in [5, 5.41) is 3.95. The highest BCUT2D eigenvalue weighted by atomic mass is 16.5. The van der Waals surface area contributed by atoms with Gasteiger partial charge in [-0.25, -0.2) is 0 Å². The third-order valence-corrected chi connectivity index (χ3v) is 4.17. The van der Waals surface area contributed by atoms with Crippen LogP contribution in [-0.4, -0.2) is 40.6 Å². The Balaban J connectivity index is 1.60. The van der Waals surface area contributed by atoms with Gasteiger partial charge in [0, 0.05) is 32.1 Å². The van der Waals surface area contributed by atoms with E-state index in [-0.39, 0.29) is 5.91 Å². The molecule has 6 nitrogen and oxygen atoms in total. The molecule has 23 heavy (non-hydrogen) atoms.